The Balaban J connectivity index is 2.64. The van der Waals surface area contributed by atoms with Crippen molar-refractivity contribution in [2.24, 2.45) is 0 Å². The van der Waals surface area contributed by atoms with Gasteiger partial charge in [-0.15, -0.1) is 0 Å². The number of anilines is 1. The number of thiocarbonyl (C=S) groups is 1. The average Bonchev–Trinajstić information content (AvgIpc) is 2.09. The zero-order chi connectivity index (χ0) is 8.97. The molecule has 1 aromatic heterocycles. The van der Waals surface area contributed by atoms with Gasteiger partial charge in [-0.2, -0.15) is 0 Å². The van der Waals surface area contributed by atoms with Gasteiger partial charge in [-0.25, -0.2) is 9.97 Å². The summed E-state index contributed by atoms with van der Waals surface area (Å²) >= 11 is 8.08. The zero-order valence-electron chi connectivity index (χ0n) is 6.34. The highest BCUT2D eigenvalue weighted by Crippen LogP contribution is 2.06. The van der Waals surface area contributed by atoms with Crippen molar-refractivity contribution in [1.29, 1.82) is 0 Å². The van der Waals surface area contributed by atoms with Crippen LogP contribution in [-0.4, -0.2) is 22.1 Å². The van der Waals surface area contributed by atoms with Crippen LogP contribution in [0.25, 0.3) is 0 Å². The maximum atomic E-state index is 4.86. The van der Waals surface area contributed by atoms with E-state index in [9.17, 15) is 0 Å². The third kappa shape index (κ3) is 2.71. The van der Waals surface area contributed by atoms with Crippen LogP contribution in [0.2, 0.25) is 0 Å². The summed E-state index contributed by atoms with van der Waals surface area (Å²) in [6.07, 6.45) is 3.29. The minimum atomic E-state index is 0.484. The Morgan fingerprint density at radius 2 is 2.08 bits per heavy atom. The summed E-state index contributed by atoms with van der Waals surface area (Å²) in [5, 5.41) is 6.05. The molecule has 0 bridgehead atoms. The van der Waals surface area contributed by atoms with Gasteiger partial charge in [-0.3, -0.25) is 0 Å². The molecule has 0 unspecified atom stereocenters. The maximum Gasteiger partial charge on any atom is 0.228 e. The van der Waals surface area contributed by atoms with Gasteiger partial charge < -0.3 is 10.6 Å². The van der Waals surface area contributed by atoms with E-state index in [1.165, 1.54) is 0 Å². The highest BCUT2D eigenvalue weighted by Gasteiger charge is 1.96. The highest BCUT2D eigenvalue weighted by molar-refractivity contribution is 9.10. The topological polar surface area (TPSA) is 49.8 Å². The average molecular weight is 247 g/mol. The van der Waals surface area contributed by atoms with Crippen molar-refractivity contribution in [3.8, 4) is 0 Å². The number of hydrogen-bond donors (Lipinski definition) is 2. The van der Waals surface area contributed by atoms with E-state index >= 15 is 0 Å². The van der Waals surface area contributed by atoms with Crippen LogP contribution in [0.1, 0.15) is 0 Å². The first kappa shape index (κ1) is 9.34. The quantitative estimate of drug-likeness (QED) is 0.729. The molecule has 12 heavy (non-hydrogen) atoms. The van der Waals surface area contributed by atoms with Gasteiger partial charge in [0, 0.05) is 19.4 Å². The Kier molecular flexibility index (Phi) is 3.36. The van der Waals surface area contributed by atoms with E-state index < -0.39 is 0 Å². The summed E-state index contributed by atoms with van der Waals surface area (Å²) in [5.41, 5.74) is 0. The molecule has 0 atom stereocenters. The molecule has 1 aromatic rings. The second-order valence-electron chi connectivity index (χ2n) is 1.93. The molecule has 0 fully saturated rings. The van der Waals surface area contributed by atoms with Crippen molar-refractivity contribution in [1.82, 2.24) is 15.3 Å². The molecule has 1 rings (SSSR count). The Morgan fingerprint density at radius 1 is 1.50 bits per heavy atom. The van der Waals surface area contributed by atoms with Crippen molar-refractivity contribution in [2.45, 2.75) is 0 Å². The molecular weight excluding hydrogens is 240 g/mol. The largest absolute Gasteiger partial charge is 0.365 e. The smallest absolute Gasteiger partial charge is 0.228 e. The SMILES string of the molecule is CNC(=S)Nc1ncc(Br)cn1. The van der Waals surface area contributed by atoms with Crippen molar-refractivity contribution in [3.05, 3.63) is 16.9 Å². The van der Waals surface area contributed by atoms with E-state index in [2.05, 4.69) is 36.5 Å². The predicted octanol–water partition coefficient (Wildman–Crippen LogP) is 1.16. The van der Waals surface area contributed by atoms with Gasteiger partial charge in [0.15, 0.2) is 5.11 Å². The Labute approximate surface area is 83.9 Å². The van der Waals surface area contributed by atoms with Crippen LogP contribution in [0.4, 0.5) is 5.95 Å². The van der Waals surface area contributed by atoms with Crippen molar-refractivity contribution in [2.75, 3.05) is 12.4 Å². The summed E-state index contributed by atoms with van der Waals surface area (Å²) < 4.78 is 0.837. The fourth-order valence-corrected chi connectivity index (χ4v) is 0.837. The molecule has 0 saturated carbocycles. The molecule has 1 heterocycles. The lowest BCUT2D eigenvalue weighted by Gasteiger charge is -2.03. The first-order valence-corrected chi connectivity index (χ1v) is 4.39. The van der Waals surface area contributed by atoms with E-state index in [0.717, 1.165) is 4.47 Å². The van der Waals surface area contributed by atoms with Crippen molar-refractivity contribution >= 4 is 39.2 Å². The van der Waals surface area contributed by atoms with Gasteiger partial charge in [0.2, 0.25) is 5.95 Å². The Hall–Kier alpha value is -0.750. The van der Waals surface area contributed by atoms with Gasteiger partial charge in [-0.1, -0.05) is 0 Å². The second-order valence-corrected chi connectivity index (χ2v) is 3.25. The lowest BCUT2D eigenvalue weighted by molar-refractivity contribution is 1.13. The molecule has 0 amide bonds. The Bertz CT molecular complexity index is 273. The summed E-state index contributed by atoms with van der Waals surface area (Å²) in [6, 6.07) is 0. The highest BCUT2D eigenvalue weighted by atomic mass is 79.9. The minimum Gasteiger partial charge on any atom is -0.365 e. The molecule has 0 aliphatic rings. The minimum absolute atomic E-state index is 0.484. The van der Waals surface area contributed by atoms with Crippen LogP contribution in [0, 0.1) is 0 Å². The predicted molar refractivity (Wildman–Crippen MR) is 55.0 cm³/mol. The monoisotopic (exact) mass is 246 g/mol. The van der Waals surface area contributed by atoms with Crippen LogP contribution >= 0.6 is 28.1 Å². The van der Waals surface area contributed by atoms with Gasteiger partial charge in [0.05, 0.1) is 4.47 Å². The number of hydrogen-bond acceptors (Lipinski definition) is 3. The standard InChI is InChI=1S/C6H7BrN4S/c1-8-6(12)11-5-9-2-4(7)3-10-5/h2-3H,1H3,(H2,8,9,10,11,12). The van der Waals surface area contributed by atoms with Crippen LogP contribution in [-0.2, 0) is 0 Å². The number of rotatable bonds is 1. The summed E-state index contributed by atoms with van der Waals surface area (Å²) in [7, 11) is 1.73. The fraction of sp³-hybridized carbons (Fsp3) is 0.167. The molecule has 0 radical (unpaired) electrons. The maximum absolute atomic E-state index is 4.86. The third-order valence-electron chi connectivity index (χ3n) is 1.07. The van der Waals surface area contributed by atoms with Crippen molar-refractivity contribution < 1.29 is 0 Å². The molecule has 0 aliphatic carbocycles. The van der Waals surface area contributed by atoms with E-state index in [0.29, 0.717) is 11.1 Å². The number of halogens is 1. The van der Waals surface area contributed by atoms with Gasteiger partial charge >= 0.3 is 0 Å². The van der Waals surface area contributed by atoms with Crippen LogP contribution < -0.4 is 10.6 Å². The second kappa shape index (κ2) is 4.32. The molecule has 0 aliphatic heterocycles. The number of nitrogens with zero attached hydrogens (tertiary/aromatic N) is 2. The van der Waals surface area contributed by atoms with E-state index in [4.69, 9.17) is 12.2 Å². The summed E-state index contributed by atoms with van der Waals surface area (Å²) in [4.78, 5) is 7.94. The Morgan fingerprint density at radius 3 is 2.58 bits per heavy atom. The van der Waals surface area contributed by atoms with Crippen LogP contribution in [0.3, 0.4) is 0 Å². The lowest BCUT2D eigenvalue weighted by Crippen LogP contribution is -2.25. The van der Waals surface area contributed by atoms with Crippen LogP contribution in [0.15, 0.2) is 16.9 Å². The van der Waals surface area contributed by atoms with Crippen molar-refractivity contribution in [3.63, 3.8) is 0 Å². The molecule has 0 aromatic carbocycles. The molecule has 2 N–H and O–H groups in total. The van der Waals surface area contributed by atoms with E-state index in [1.54, 1.807) is 19.4 Å². The number of aromatic nitrogens is 2. The first-order valence-electron chi connectivity index (χ1n) is 3.18. The summed E-state index contributed by atoms with van der Waals surface area (Å²) in [6.45, 7) is 0. The molecule has 4 nitrogen and oxygen atoms in total. The van der Waals surface area contributed by atoms with Gasteiger partial charge in [-0.05, 0) is 28.1 Å². The van der Waals surface area contributed by atoms with Gasteiger partial charge in [0.1, 0.15) is 0 Å². The lowest BCUT2D eigenvalue weighted by atomic mass is 10.7. The molecule has 0 spiro atoms. The molecule has 6 heteroatoms. The fourth-order valence-electron chi connectivity index (χ4n) is 0.541. The first-order chi connectivity index (χ1) is 5.72. The normalized spacial score (nSPS) is 9.17. The number of nitrogens with one attached hydrogen (secondary N) is 2. The zero-order valence-corrected chi connectivity index (χ0v) is 8.74. The molecule has 0 saturated heterocycles. The summed E-state index contributed by atoms with van der Waals surface area (Å²) in [5.74, 6) is 0.484. The molecule has 64 valence electrons. The van der Waals surface area contributed by atoms with E-state index in [1.807, 2.05) is 0 Å². The van der Waals surface area contributed by atoms with Gasteiger partial charge in [0.25, 0.3) is 0 Å². The van der Waals surface area contributed by atoms with E-state index in [-0.39, 0.29) is 0 Å². The molecular formula is C6H7BrN4S. The third-order valence-corrected chi connectivity index (χ3v) is 1.79. The van der Waals surface area contributed by atoms with Crippen LogP contribution in [0.5, 0.6) is 0 Å².